The summed E-state index contributed by atoms with van der Waals surface area (Å²) in [6.45, 7) is 26.3. The van der Waals surface area contributed by atoms with Crippen LogP contribution in [0.5, 0.6) is 0 Å². The van der Waals surface area contributed by atoms with Gasteiger partial charge in [0, 0.05) is 58.1 Å². The van der Waals surface area contributed by atoms with E-state index < -0.39 is 35.9 Å². The van der Waals surface area contributed by atoms with E-state index in [-0.39, 0.29) is 72.6 Å². The highest BCUT2D eigenvalue weighted by Gasteiger charge is 1.99. The van der Waals surface area contributed by atoms with E-state index in [2.05, 4.69) is 58.6 Å². The average Bonchev–Trinajstić information content (AvgIpc) is 2.28. The maximum absolute atomic E-state index is 10.2. The van der Waals surface area contributed by atoms with Crippen molar-refractivity contribution in [3.05, 3.63) is 0 Å². The maximum Gasteiger partial charge on any atom is 0.144 e. The summed E-state index contributed by atoms with van der Waals surface area (Å²) in [5.41, 5.74) is 0.500. The van der Waals surface area contributed by atoms with Crippen molar-refractivity contribution < 1.29 is 26.7 Å². The molecule has 0 aliphatic heterocycles. The first-order valence-electron chi connectivity index (χ1n) is 10.5. The van der Waals surface area contributed by atoms with Gasteiger partial charge in [0.05, 0.1) is 7.14 Å². The number of ketones is 1. The van der Waals surface area contributed by atoms with Crippen LogP contribution in [-0.2, 0) is 34.7 Å². The molecule has 0 bridgehead atoms. The highest BCUT2D eigenvalue weighted by atomic mass is 32.2. The molecule has 0 unspecified atom stereocenters. The number of thioether (sulfide) groups is 1. The highest BCUT2D eigenvalue weighted by molar-refractivity contribution is 7.97. The van der Waals surface area contributed by atoms with Crippen LogP contribution in [0.4, 0.5) is 0 Å². The maximum atomic E-state index is 10.2. The molecule has 0 rings (SSSR count). The number of Topliss-reactive ketones (excluding diaryl/α,β-unsaturated/α-hetero) is 1. The second kappa shape index (κ2) is 69.3. The Morgan fingerprint density at radius 3 is 0.721 bits per heavy atom. The van der Waals surface area contributed by atoms with Crippen molar-refractivity contribution in [2.24, 2.45) is 5.41 Å². The van der Waals surface area contributed by atoms with Crippen LogP contribution in [0.1, 0.15) is 108 Å². The molecular weight excluding hydrogens is 636 g/mol. The molecule has 0 heterocycles. The molecule has 290 valence electrons. The van der Waals surface area contributed by atoms with E-state index in [9.17, 15) is 22.0 Å². The Morgan fingerprint density at radius 2 is 0.721 bits per heavy atom. The molecule has 6 nitrogen and oxygen atoms in total. The van der Waals surface area contributed by atoms with E-state index in [1.165, 1.54) is 13.8 Å². The van der Waals surface area contributed by atoms with Gasteiger partial charge in [0.25, 0.3) is 0 Å². The minimum atomic E-state index is -2.67. The SMILES string of the molecule is C.C.C.C.C.C.C.C.C.CC(C)(C)C.CC(C)=O.COC.CP(C)(C)=O.CS(C)(=O)=O.CS(C)=O.CSC.C[Si](C)(C)C. The van der Waals surface area contributed by atoms with Crippen LogP contribution in [0.2, 0.25) is 26.2 Å². The first kappa shape index (κ1) is 112. The second-order valence-electron chi connectivity index (χ2n) is 11.5. The lowest BCUT2D eigenvalue weighted by molar-refractivity contribution is -0.115. The zero-order chi connectivity index (χ0) is 30.6. The van der Waals surface area contributed by atoms with E-state index in [4.69, 9.17) is 0 Å². The number of carbonyl (C=O) groups is 1. The number of hydrogen-bond donors (Lipinski definition) is 0. The lowest BCUT2D eigenvalue weighted by Crippen LogP contribution is -2.10. The van der Waals surface area contributed by atoms with Crippen LogP contribution >= 0.6 is 18.9 Å². The average molecular weight is 735 g/mol. The molecule has 0 N–H and O–H groups in total. The molecule has 0 amide bonds. The Morgan fingerprint density at radius 1 is 0.721 bits per heavy atom. The lowest BCUT2D eigenvalue weighted by Gasteiger charge is -2.05. The first-order valence-corrected chi connectivity index (χ1v) is 23.4. The number of carbonyl (C=O) groups excluding carboxylic acids is 1. The lowest BCUT2D eigenvalue weighted by atomic mass is 10.0. The van der Waals surface area contributed by atoms with Gasteiger partial charge in [-0.2, -0.15) is 11.8 Å². The van der Waals surface area contributed by atoms with Gasteiger partial charge in [0.2, 0.25) is 0 Å². The molecule has 0 aromatic carbocycles. The topological polar surface area (TPSA) is 94.6 Å². The Labute approximate surface area is 290 Å². The van der Waals surface area contributed by atoms with Crippen LogP contribution in [0.3, 0.4) is 0 Å². The minimum absolute atomic E-state index is 0. The first-order chi connectivity index (χ1) is 14.3. The van der Waals surface area contributed by atoms with Crippen molar-refractivity contribution in [2.75, 3.05) is 71.7 Å². The number of hydrogen-bond acceptors (Lipinski definition) is 7. The monoisotopic (exact) mass is 735 g/mol. The normalized spacial score (nSPS) is 7.77. The van der Waals surface area contributed by atoms with Gasteiger partial charge in [-0.15, -0.1) is 0 Å². The van der Waals surface area contributed by atoms with Gasteiger partial charge in [-0.05, 0) is 51.8 Å². The molecule has 0 aliphatic carbocycles. The van der Waals surface area contributed by atoms with E-state index >= 15 is 0 Å². The van der Waals surface area contributed by atoms with E-state index in [1.54, 1.807) is 58.5 Å². The Bertz CT molecular complexity index is 504. The van der Waals surface area contributed by atoms with Gasteiger partial charge in [-0.3, -0.25) is 4.21 Å². The Kier molecular flexibility index (Phi) is 180. The molecule has 43 heavy (non-hydrogen) atoms. The quantitative estimate of drug-likeness (QED) is 0.181. The van der Waals surface area contributed by atoms with E-state index in [1.807, 2.05) is 12.5 Å². The van der Waals surface area contributed by atoms with Gasteiger partial charge in [0.1, 0.15) is 15.6 Å². The fourth-order valence-corrected chi connectivity index (χ4v) is 0. The summed E-state index contributed by atoms with van der Waals surface area (Å²) in [4.78, 5) is 9.44. The summed E-state index contributed by atoms with van der Waals surface area (Å²) in [6.07, 6.45) is 9.68. The van der Waals surface area contributed by atoms with Crippen molar-refractivity contribution in [3.8, 4) is 0 Å². The smallest absolute Gasteiger partial charge is 0.144 e. The van der Waals surface area contributed by atoms with Crippen LogP contribution in [0.25, 0.3) is 0 Å². The standard InChI is InChI=1S/C5H12.C4H12Si.C3H9OP.C3H6O.C2H6O2S.C2H6OS.C2H6O.C2H6S.9CH4/c3*1-5(2,3)4;1-3(2)4;1-5(2,3)4;1-4(2)3;2*1-3-2;;;;;;;;;/h2*1-4H3;1-3H3;1-2H3;1-2H3;1-2H3;2*1-2H3;9*1H4. The van der Waals surface area contributed by atoms with Gasteiger partial charge in [-0.25, -0.2) is 8.42 Å². The largest absolute Gasteiger partial charge is 0.388 e. The summed E-state index contributed by atoms with van der Waals surface area (Å²) in [6, 6.07) is 0. The molecule has 0 aromatic rings. The third kappa shape index (κ3) is 252000. The summed E-state index contributed by atoms with van der Waals surface area (Å²) < 4.78 is 43.3. The Hall–Kier alpha value is 0.527. The van der Waals surface area contributed by atoms with Gasteiger partial charge in [0.15, 0.2) is 0 Å². The summed E-state index contributed by atoms with van der Waals surface area (Å²) in [7, 11) is -2.28. The van der Waals surface area contributed by atoms with Gasteiger partial charge in [-0.1, -0.05) is 121 Å². The molecular formula is C32H99O6PS3Si. The molecule has 0 aromatic heterocycles. The molecule has 0 aliphatic rings. The zero-order valence-corrected chi connectivity index (χ0v) is 31.0. The molecule has 0 saturated carbocycles. The molecule has 0 saturated heterocycles. The fraction of sp³-hybridized carbons (Fsp3) is 0.969. The van der Waals surface area contributed by atoms with E-state index in [0.717, 1.165) is 12.5 Å². The van der Waals surface area contributed by atoms with Crippen LogP contribution in [0.15, 0.2) is 0 Å². The van der Waals surface area contributed by atoms with Gasteiger partial charge >= 0.3 is 0 Å². The summed E-state index contributed by atoms with van der Waals surface area (Å²) in [5.74, 6) is 0.167. The summed E-state index contributed by atoms with van der Waals surface area (Å²) >= 11 is 1.75. The van der Waals surface area contributed by atoms with Gasteiger partial charge < -0.3 is 14.1 Å². The zero-order valence-electron chi connectivity index (χ0n) is 26.6. The molecule has 0 spiro atoms. The number of ether oxygens (including phenoxy) is 1. The number of sulfone groups is 1. The number of methoxy groups -OCH3 is 1. The van der Waals surface area contributed by atoms with Crippen molar-refractivity contribution >= 4 is 53.4 Å². The fourth-order valence-electron chi connectivity index (χ4n) is 0. The molecule has 0 fully saturated rings. The highest BCUT2D eigenvalue weighted by Crippen LogP contribution is 2.28. The molecule has 11 heteroatoms. The van der Waals surface area contributed by atoms with E-state index in [0.29, 0.717) is 5.41 Å². The second-order valence-corrected chi connectivity index (χ2v) is 25.9. The van der Waals surface area contributed by atoms with Crippen LogP contribution < -0.4 is 0 Å². The third-order valence-electron chi connectivity index (χ3n) is 0. The minimum Gasteiger partial charge on any atom is -0.388 e. The van der Waals surface area contributed by atoms with Crippen molar-refractivity contribution in [2.45, 2.75) is 135 Å². The predicted molar refractivity (Wildman–Crippen MR) is 230 cm³/mol. The molecule has 0 atom stereocenters. The predicted octanol–water partition coefficient (Wildman–Crippen LogP) is 12.5. The molecule has 0 radical (unpaired) electrons. The summed E-state index contributed by atoms with van der Waals surface area (Å²) in [5, 5.41) is 0. The Balaban J connectivity index is -0.0000000117. The number of rotatable bonds is 0. The van der Waals surface area contributed by atoms with Crippen molar-refractivity contribution in [1.29, 1.82) is 0 Å². The van der Waals surface area contributed by atoms with Crippen LogP contribution in [0, 0.1) is 5.41 Å². The van der Waals surface area contributed by atoms with Crippen LogP contribution in [-0.4, -0.2) is 98.2 Å². The van der Waals surface area contributed by atoms with Crippen molar-refractivity contribution in [3.63, 3.8) is 0 Å². The third-order valence-corrected chi connectivity index (χ3v) is 0. The van der Waals surface area contributed by atoms with Crippen molar-refractivity contribution in [1.82, 2.24) is 0 Å².